The lowest BCUT2D eigenvalue weighted by atomic mass is 10.3. The summed E-state index contributed by atoms with van der Waals surface area (Å²) in [6.45, 7) is 0.558. The molecule has 0 fully saturated rings. The van der Waals surface area contributed by atoms with Gasteiger partial charge in [-0.25, -0.2) is 0 Å². The number of aliphatic imine (C=N–C) groups is 1. The molecule has 3 rings (SSSR count). The first-order valence-electron chi connectivity index (χ1n) is 4.99. The van der Waals surface area contributed by atoms with Crippen LogP contribution in [-0.4, -0.2) is 11.8 Å². The van der Waals surface area contributed by atoms with Crippen molar-refractivity contribution in [1.82, 2.24) is 0 Å². The topological polar surface area (TPSA) is 28.7 Å². The van der Waals surface area contributed by atoms with E-state index in [1.807, 2.05) is 22.4 Å². The zero-order valence-electron chi connectivity index (χ0n) is 8.64. The zero-order valence-corrected chi connectivity index (χ0v) is 11.0. The SMILES string of the molecule is Clc1csc2c1N(Cc1ccco1)C(Cl)N=C2. The number of fused-ring (bicyclic) bond motifs is 1. The molecule has 1 aliphatic rings. The van der Waals surface area contributed by atoms with Gasteiger partial charge in [-0.15, -0.1) is 11.3 Å². The van der Waals surface area contributed by atoms with E-state index in [1.54, 1.807) is 23.8 Å². The Bertz CT molecular complexity index is 550. The molecule has 17 heavy (non-hydrogen) atoms. The third-order valence-corrected chi connectivity index (χ3v) is 4.19. The maximum atomic E-state index is 6.19. The molecule has 1 atom stereocenters. The average Bonchev–Trinajstić information content (AvgIpc) is 2.93. The highest BCUT2D eigenvalue weighted by molar-refractivity contribution is 7.13. The fraction of sp³-hybridized carbons (Fsp3) is 0.182. The summed E-state index contributed by atoms with van der Waals surface area (Å²) in [6, 6.07) is 3.75. The number of nitrogens with zero attached hydrogens (tertiary/aromatic N) is 2. The lowest BCUT2D eigenvalue weighted by molar-refractivity contribution is 0.499. The van der Waals surface area contributed by atoms with Crippen LogP contribution in [-0.2, 0) is 6.54 Å². The molecule has 0 N–H and O–H groups in total. The summed E-state index contributed by atoms with van der Waals surface area (Å²) < 4.78 is 5.32. The van der Waals surface area contributed by atoms with E-state index in [0.29, 0.717) is 11.6 Å². The molecule has 0 aliphatic carbocycles. The number of rotatable bonds is 2. The molecule has 0 spiro atoms. The van der Waals surface area contributed by atoms with Gasteiger partial charge in [0, 0.05) is 11.6 Å². The average molecular weight is 287 g/mol. The second kappa shape index (κ2) is 4.37. The largest absolute Gasteiger partial charge is 0.467 e. The molecule has 6 heteroatoms. The van der Waals surface area contributed by atoms with E-state index in [2.05, 4.69) is 4.99 Å². The van der Waals surface area contributed by atoms with Crippen LogP contribution in [0.4, 0.5) is 5.69 Å². The van der Waals surface area contributed by atoms with E-state index < -0.39 is 5.62 Å². The van der Waals surface area contributed by atoms with Crippen LogP contribution in [0.3, 0.4) is 0 Å². The second-order valence-electron chi connectivity index (χ2n) is 3.59. The molecule has 0 saturated heterocycles. The van der Waals surface area contributed by atoms with Crippen LogP contribution in [0.25, 0.3) is 0 Å². The van der Waals surface area contributed by atoms with E-state index >= 15 is 0 Å². The monoisotopic (exact) mass is 286 g/mol. The lowest BCUT2D eigenvalue weighted by Gasteiger charge is -2.29. The Morgan fingerprint density at radius 2 is 2.41 bits per heavy atom. The van der Waals surface area contributed by atoms with E-state index in [4.69, 9.17) is 27.6 Å². The van der Waals surface area contributed by atoms with Crippen molar-refractivity contribution in [2.45, 2.75) is 12.2 Å². The lowest BCUT2D eigenvalue weighted by Crippen LogP contribution is -2.32. The molecule has 0 saturated carbocycles. The van der Waals surface area contributed by atoms with Crippen molar-refractivity contribution < 1.29 is 4.42 Å². The normalized spacial score (nSPS) is 18.5. The fourth-order valence-electron chi connectivity index (χ4n) is 1.76. The highest BCUT2D eigenvalue weighted by Gasteiger charge is 2.26. The Kier molecular flexibility index (Phi) is 2.86. The molecular formula is C11H8Cl2N2OS. The third kappa shape index (κ3) is 1.97. The van der Waals surface area contributed by atoms with Gasteiger partial charge in [0.2, 0.25) is 0 Å². The summed E-state index contributed by atoms with van der Waals surface area (Å²) >= 11 is 13.9. The number of hydrogen-bond acceptors (Lipinski definition) is 4. The third-order valence-electron chi connectivity index (χ3n) is 2.51. The number of alkyl halides is 1. The van der Waals surface area contributed by atoms with Crippen molar-refractivity contribution in [2.24, 2.45) is 4.99 Å². The van der Waals surface area contributed by atoms with E-state index in [1.165, 1.54) is 0 Å². The molecule has 0 radical (unpaired) electrons. The number of thiophene rings is 1. The first kappa shape index (κ1) is 11.1. The minimum absolute atomic E-state index is 0.445. The van der Waals surface area contributed by atoms with Crippen LogP contribution < -0.4 is 4.90 Å². The van der Waals surface area contributed by atoms with Gasteiger partial charge in [0.25, 0.3) is 0 Å². The molecule has 3 nitrogen and oxygen atoms in total. The van der Waals surface area contributed by atoms with E-state index in [0.717, 1.165) is 16.3 Å². The zero-order chi connectivity index (χ0) is 11.8. The maximum absolute atomic E-state index is 6.19. The summed E-state index contributed by atoms with van der Waals surface area (Å²) in [7, 11) is 0. The smallest absolute Gasteiger partial charge is 0.198 e. The Hall–Kier alpha value is -0.970. The van der Waals surface area contributed by atoms with Crippen LogP contribution in [0, 0.1) is 0 Å². The van der Waals surface area contributed by atoms with Crippen molar-refractivity contribution in [3.8, 4) is 0 Å². The first-order valence-corrected chi connectivity index (χ1v) is 6.68. The number of furan rings is 1. The van der Waals surface area contributed by atoms with Gasteiger partial charge in [0.1, 0.15) is 5.76 Å². The van der Waals surface area contributed by atoms with E-state index in [-0.39, 0.29) is 0 Å². The predicted molar refractivity (Wildman–Crippen MR) is 71.5 cm³/mol. The van der Waals surface area contributed by atoms with Crippen molar-refractivity contribution in [1.29, 1.82) is 0 Å². The quantitative estimate of drug-likeness (QED) is 0.618. The van der Waals surface area contributed by atoms with Gasteiger partial charge in [-0.1, -0.05) is 23.2 Å². The Morgan fingerprint density at radius 3 is 3.18 bits per heavy atom. The maximum Gasteiger partial charge on any atom is 0.198 e. The van der Waals surface area contributed by atoms with Gasteiger partial charge in [0.15, 0.2) is 5.62 Å². The van der Waals surface area contributed by atoms with Gasteiger partial charge in [-0.2, -0.15) is 0 Å². The summed E-state index contributed by atoms with van der Waals surface area (Å²) in [4.78, 5) is 7.17. The molecule has 1 unspecified atom stereocenters. The predicted octanol–water partition coefficient (Wildman–Crippen LogP) is 3.96. The molecular weight excluding hydrogens is 279 g/mol. The number of halogens is 2. The first-order chi connectivity index (χ1) is 8.25. The van der Waals surface area contributed by atoms with Crippen LogP contribution in [0.2, 0.25) is 5.02 Å². The molecule has 0 amide bonds. The van der Waals surface area contributed by atoms with Crippen LogP contribution in [0.15, 0.2) is 33.2 Å². The van der Waals surface area contributed by atoms with Crippen LogP contribution in [0.5, 0.6) is 0 Å². The summed E-state index contributed by atoms with van der Waals surface area (Å²) in [5.74, 6) is 0.834. The van der Waals surface area contributed by atoms with Gasteiger partial charge in [-0.05, 0) is 12.1 Å². The highest BCUT2D eigenvalue weighted by Crippen LogP contribution is 2.39. The van der Waals surface area contributed by atoms with Crippen LogP contribution in [0.1, 0.15) is 10.6 Å². The Morgan fingerprint density at radius 1 is 1.53 bits per heavy atom. The van der Waals surface area contributed by atoms with Gasteiger partial charge in [-0.3, -0.25) is 4.99 Å². The molecule has 2 aromatic rings. The highest BCUT2D eigenvalue weighted by atomic mass is 35.5. The molecule has 2 aromatic heterocycles. The minimum atomic E-state index is -0.445. The van der Waals surface area contributed by atoms with Crippen LogP contribution >= 0.6 is 34.5 Å². The van der Waals surface area contributed by atoms with Crippen molar-refractivity contribution in [3.63, 3.8) is 0 Å². The minimum Gasteiger partial charge on any atom is -0.467 e. The van der Waals surface area contributed by atoms with Crippen molar-refractivity contribution >= 4 is 46.4 Å². The second-order valence-corrected chi connectivity index (χ2v) is 5.30. The summed E-state index contributed by atoms with van der Waals surface area (Å²) in [5.41, 5.74) is 0.489. The standard InChI is InChI=1S/C11H8Cl2N2OS/c12-8-6-17-9-4-14-11(13)15(10(8)9)5-7-2-1-3-16-7/h1-4,6,11H,5H2. The fourth-order valence-corrected chi connectivity index (χ4v) is 3.18. The summed E-state index contributed by atoms with van der Waals surface area (Å²) in [5, 5.41) is 2.59. The molecule has 0 aromatic carbocycles. The molecule has 3 heterocycles. The Labute approximate surface area is 112 Å². The number of hydrogen-bond donors (Lipinski definition) is 0. The molecule has 1 aliphatic heterocycles. The van der Waals surface area contributed by atoms with Gasteiger partial charge in [0.05, 0.1) is 28.4 Å². The van der Waals surface area contributed by atoms with Crippen molar-refractivity contribution in [2.75, 3.05) is 4.90 Å². The van der Waals surface area contributed by atoms with Gasteiger partial charge < -0.3 is 9.32 Å². The number of anilines is 1. The summed E-state index contributed by atoms with van der Waals surface area (Å²) in [6.07, 6.45) is 3.41. The molecule has 88 valence electrons. The molecule has 0 bridgehead atoms. The van der Waals surface area contributed by atoms with Gasteiger partial charge >= 0.3 is 0 Å². The van der Waals surface area contributed by atoms with Crippen molar-refractivity contribution in [3.05, 3.63) is 39.4 Å². The Balaban J connectivity index is 1.97. The van der Waals surface area contributed by atoms with E-state index in [9.17, 15) is 0 Å².